The van der Waals surface area contributed by atoms with E-state index in [4.69, 9.17) is 11.1 Å². The Morgan fingerprint density at radius 3 is 2.86 bits per heavy atom. The minimum atomic E-state index is 0.117. The molecule has 0 unspecified atom stereocenters. The Labute approximate surface area is 82.4 Å². The van der Waals surface area contributed by atoms with Crippen LogP contribution in [0.25, 0.3) is 10.9 Å². The van der Waals surface area contributed by atoms with Crippen LogP contribution in [0.15, 0.2) is 24.3 Å². The Kier molecular flexibility index (Phi) is 2.00. The summed E-state index contributed by atoms with van der Waals surface area (Å²) in [6, 6.07) is 7.86. The number of hydrogen-bond donors (Lipinski definition) is 3. The molecule has 72 valence electrons. The minimum Gasteiger partial charge on any atom is -0.384 e. The van der Waals surface area contributed by atoms with Crippen LogP contribution in [0, 0.1) is 5.41 Å². The van der Waals surface area contributed by atoms with E-state index >= 15 is 0 Å². The lowest BCUT2D eigenvalue weighted by Crippen LogP contribution is -2.10. The maximum Gasteiger partial charge on any atom is 0.122 e. The van der Waals surface area contributed by atoms with Crippen molar-refractivity contribution in [1.29, 1.82) is 5.41 Å². The molecule has 1 aromatic carbocycles. The fraction of sp³-hybridized carbons (Fsp3) is 0.182. The molecule has 2 rings (SSSR count). The van der Waals surface area contributed by atoms with Gasteiger partial charge in [0.1, 0.15) is 5.84 Å². The highest BCUT2D eigenvalue weighted by Gasteiger charge is 2.01. The van der Waals surface area contributed by atoms with Gasteiger partial charge in [-0.1, -0.05) is 6.92 Å². The third-order valence-corrected chi connectivity index (χ3v) is 2.37. The zero-order valence-electron chi connectivity index (χ0n) is 8.09. The molecule has 4 N–H and O–H groups in total. The number of aromatic nitrogens is 1. The van der Waals surface area contributed by atoms with Gasteiger partial charge in [0.2, 0.25) is 0 Å². The number of aryl methyl sites for hydroxylation is 1. The number of aromatic amines is 1. The molecule has 0 spiro atoms. The van der Waals surface area contributed by atoms with Gasteiger partial charge in [0, 0.05) is 22.2 Å². The smallest absolute Gasteiger partial charge is 0.122 e. The lowest BCUT2D eigenvalue weighted by molar-refractivity contribution is 1.07. The summed E-state index contributed by atoms with van der Waals surface area (Å²) in [6.45, 7) is 2.11. The van der Waals surface area contributed by atoms with Gasteiger partial charge in [0.25, 0.3) is 0 Å². The van der Waals surface area contributed by atoms with Crippen molar-refractivity contribution in [2.45, 2.75) is 13.3 Å². The van der Waals surface area contributed by atoms with Gasteiger partial charge in [-0.25, -0.2) is 0 Å². The largest absolute Gasteiger partial charge is 0.384 e. The molecule has 14 heavy (non-hydrogen) atoms. The van der Waals surface area contributed by atoms with Crippen LogP contribution in [0.5, 0.6) is 0 Å². The Hall–Kier alpha value is -1.77. The molecule has 0 aliphatic rings. The second-order valence-corrected chi connectivity index (χ2v) is 3.36. The van der Waals surface area contributed by atoms with Gasteiger partial charge < -0.3 is 10.7 Å². The molecule has 0 amide bonds. The Morgan fingerprint density at radius 2 is 2.21 bits per heavy atom. The second kappa shape index (κ2) is 3.18. The van der Waals surface area contributed by atoms with Gasteiger partial charge in [-0.2, -0.15) is 0 Å². The number of H-pyrrole nitrogens is 1. The standard InChI is InChI=1S/C11H13N3/c1-2-9-6-8-5-7(11(12)13)3-4-10(8)14-9/h3-6,14H,2H2,1H3,(H3,12,13). The van der Waals surface area contributed by atoms with E-state index in [2.05, 4.69) is 18.0 Å². The first-order valence-electron chi connectivity index (χ1n) is 4.66. The molecule has 0 saturated heterocycles. The molecule has 0 saturated carbocycles. The van der Waals surface area contributed by atoms with Crippen molar-refractivity contribution in [3.63, 3.8) is 0 Å². The van der Waals surface area contributed by atoms with Gasteiger partial charge >= 0.3 is 0 Å². The first kappa shape index (κ1) is 8.81. The summed E-state index contributed by atoms with van der Waals surface area (Å²) in [4.78, 5) is 3.30. The predicted octanol–water partition coefficient (Wildman–Crippen LogP) is 2.01. The SMILES string of the molecule is CCc1cc2cc(C(=N)N)ccc2[nH]1. The summed E-state index contributed by atoms with van der Waals surface area (Å²) >= 11 is 0. The third-order valence-electron chi connectivity index (χ3n) is 2.37. The van der Waals surface area contributed by atoms with Crippen LogP contribution >= 0.6 is 0 Å². The summed E-state index contributed by atoms with van der Waals surface area (Å²) < 4.78 is 0. The van der Waals surface area contributed by atoms with Gasteiger partial charge in [-0.15, -0.1) is 0 Å². The fourth-order valence-electron chi connectivity index (χ4n) is 1.55. The summed E-state index contributed by atoms with van der Waals surface area (Å²) in [7, 11) is 0. The Balaban J connectivity index is 2.59. The number of hydrogen-bond acceptors (Lipinski definition) is 1. The first-order valence-corrected chi connectivity index (χ1v) is 4.66. The molecular weight excluding hydrogens is 174 g/mol. The van der Waals surface area contributed by atoms with E-state index in [9.17, 15) is 0 Å². The maximum absolute atomic E-state index is 7.33. The van der Waals surface area contributed by atoms with Crippen molar-refractivity contribution < 1.29 is 0 Å². The lowest BCUT2D eigenvalue weighted by Gasteiger charge is -1.96. The molecule has 0 fully saturated rings. The number of benzene rings is 1. The normalized spacial score (nSPS) is 10.6. The highest BCUT2D eigenvalue weighted by atomic mass is 14.7. The Morgan fingerprint density at radius 1 is 1.43 bits per heavy atom. The Bertz CT molecular complexity index is 482. The molecule has 0 aliphatic carbocycles. The van der Waals surface area contributed by atoms with Crippen LogP contribution in [-0.4, -0.2) is 10.8 Å². The number of rotatable bonds is 2. The molecule has 1 heterocycles. The number of nitrogens with two attached hydrogens (primary N) is 1. The van der Waals surface area contributed by atoms with Crippen LogP contribution < -0.4 is 5.73 Å². The van der Waals surface area contributed by atoms with E-state index in [0.29, 0.717) is 0 Å². The average Bonchev–Trinajstić information content (AvgIpc) is 2.58. The zero-order chi connectivity index (χ0) is 10.1. The van der Waals surface area contributed by atoms with E-state index in [0.717, 1.165) is 22.9 Å². The van der Waals surface area contributed by atoms with Crippen LogP contribution in [0.4, 0.5) is 0 Å². The van der Waals surface area contributed by atoms with E-state index in [1.54, 1.807) is 0 Å². The quantitative estimate of drug-likeness (QED) is 0.488. The topological polar surface area (TPSA) is 65.7 Å². The lowest BCUT2D eigenvalue weighted by atomic mass is 10.1. The summed E-state index contributed by atoms with van der Waals surface area (Å²) in [5.41, 5.74) is 8.51. The van der Waals surface area contributed by atoms with E-state index in [1.807, 2.05) is 18.2 Å². The van der Waals surface area contributed by atoms with Crippen molar-refractivity contribution in [1.82, 2.24) is 4.98 Å². The van der Waals surface area contributed by atoms with Crippen LogP contribution in [0.1, 0.15) is 18.2 Å². The monoisotopic (exact) mass is 187 g/mol. The molecule has 3 heteroatoms. The molecule has 0 bridgehead atoms. The van der Waals surface area contributed by atoms with Crippen molar-refractivity contribution in [3.8, 4) is 0 Å². The zero-order valence-corrected chi connectivity index (χ0v) is 8.09. The van der Waals surface area contributed by atoms with Gasteiger partial charge in [0.05, 0.1) is 0 Å². The number of fused-ring (bicyclic) bond motifs is 1. The van der Waals surface area contributed by atoms with Gasteiger partial charge in [-0.05, 0) is 30.7 Å². The highest BCUT2D eigenvalue weighted by Crippen LogP contribution is 2.17. The minimum absolute atomic E-state index is 0.117. The summed E-state index contributed by atoms with van der Waals surface area (Å²) in [6.07, 6.45) is 0.990. The van der Waals surface area contributed by atoms with Crippen molar-refractivity contribution in [2.24, 2.45) is 5.73 Å². The second-order valence-electron chi connectivity index (χ2n) is 3.36. The van der Waals surface area contributed by atoms with Crippen LogP contribution in [-0.2, 0) is 6.42 Å². The molecule has 3 nitrogen and oxygen atoms in total. The summed E-state index contributed by atoms with van der Waals surface area (Å²) in [5, 5.41) is 8.45. The molecule has 0 aliphatic heterocycles. The number of amidine groups is 1. The van der Waals surface area contributed by atoms with Crippen molar-refractivity contribution in [3.05, 3.63) is 35.5 Å². The third kappa shape index (κ3) is 1.37. The van der Waals surface area contributed by atoms with E-state index in [-0.39, 0.29) is 5.84 Å². The maximum atomic E-state index is 7.33. The van der Waals surface area contributed by atoms with Crippen molar-refractivity contribution in [2.75, 3.05) is 0 Å². The predicted molar refractivity (Wildman–Crippen MR) is 58.7 cm³/mol. The molecule has 0 radical (unpaired) electrons. The molecular formula is C11H13N3. The molecule has 0 atom stereocenters. The fourth-order valence-corrected chi connectivity index (χ4v) is 1.55. The first-order chi connectivity index (χ1) is 6.70. The van der Waals surface area contributed by atoms with Crippen LogP contribution in [0.2, 0.25) is 0 Å². The molecule has 1 aromatic heterocycles. The van der Waals surface area contributed by atoms with Gasteiger partial charge in [-0.3, -0.25) is 5.41 Å². The van der Waals surface area contributed by atoms with E-state index < -0.39 is 0 Å². The number of nitrogens with one attached hydrogen (secondary N) is 2. The highest BCUT2D eigenvalue weighted by molar-refractivity contribution is 5.98. The summed E-state index contributed by atoms with van der Waals surface area (Å²) in [5.74, 6) is 0.117. The average molecular weight is 187 g/mol. The van der Waals surface area contributed by atoms with Crippen molar-refractivity contribution >= 4 is 16.7 Å². The van der Waals surface area contributed by atoms with E-state index in [1.165, 1.54) is 5.69 Å². The van der Waals surface area contributed by atoms with Gasteiger partial charge in [0.15, 0.2) is 0 Å². The van der Waals surface area contributed by atoms with Crippen LogP contribution in [0.3, 0.4) is 0 Å². The number of nitrogen functional groups attached to an aromatic ring is 1. The molecule has 2 aromatic rings.